The van der Waals surface area contributed by atoms with Crippen molar-refractivity contribution in [2.45, 2.75) is 6.92 Å². The Morgan fingerprint density at radius 3 is 2.59 bits per heavy atom. The average Bonchev–Trinajstić information content (AvgIpc) is 2.35. The Hall–Kier alpha value is -2.04. The molecule has 5 nitrogen and oxygen atoms in total. The molecule has 1 aromatic rings. The fraction of sp³-hybridized carbons (Fsp3) is 0.333. The van der Waals surface area contributed by atoms with E-state index in [9.17, 15) is 9.59 Å². The Kier molecular flexibility index (Phi) is 4.51. The second-order valence-electron chi connectivity index (χ2n) is 3.49. The summed E-state index contributed by atoms with van der Waals surface area (Å²) in [5.41, 5.74) is 0. The van der Waals surface area contributed by atoms with Crippen molar-refractivity contribution in [1.29, 1.82) is 0 Å². The molecule has 1 N–H and O–H groups in total. The van der Waals surface area contributed by atoms with E-state index in [0.717, 1.165) is 0 Å². The maximum absolute atomic E-state index is 11.4. The monoisotopic (exact) mass is 238 g/mol. The highest BCUT2D eigenvalue weighted by molar-refractivity contribution is 5.98. The molecular weight excluding hydrogens is 224 g/mol. The number of Topliss-reactive ketones (excluding diaryl/α,β-unsaturated/α-hetero) is 1. The number of aliphatic carboxylic acids is 1. The standard InChI is InChI=1S/C12H14O5/c1-8(12(14)15)11(13)7-17-10-5-3-4-9(6-10)16-2/h3-6,8H,7H2,1-2H3,(H,14,15). The number of hydrogen-bond acceptors (Lipinski definition) is 4. The highest BCUT2D eigenvalue weighted by Gasteiger charge is 2.20. The molecule has 0 spiro atoms. The van der Waals surface area contributed by atoms with Crippen LogP contribution in [0.2, 0.25) is 0 Å². The van der Waals surface area contributed by atoms with Crippen LogP contribution in [0.25, 0.3) is 0 Å². The zero-order chi connectivity index (χ0) is 12.8. The molecule has 0 radical (unpaired) electrons. The average molecular weight is 238 g/mol. The lowest BCUT2D eigenvalue weighted by Gasteiger charge is -2.08. The molecule has 0 aliphatic rings. The molecule has 1 atom stereocenters. The van der Waals surface area contributed by atoms with Crippen LogP contribution in [0.3, 0.4) is 0 Å². The minimum atomic E-state index is -1.15. The molecule has 1 unspecified atom stereocenters. The van der Waals surface area contributed by atoms with Crippen LogP contribution >= 0.6 is 0 Å². The first-order valence-electron chi connectivity index (χ1n) is 5.07. The number of rotatable bonds is 6. The first-order chi connectivity index (χ1) is 8.04. The van der Waals surface area contributed by atoms with Crippen LogP contribution in [0.5, 0.6) is 11.5 Å². The van der Waals surface area contributed by atoms with E-state index in [1.807, 2.05) is 0 Å². The minimum absolute atomic E-state index is 0.263. The molecule has 0 bridgehead atoms. The number of carbonyl (C=O) groups is 2. The van der Waals surface area contributed by atoms with E-state index in [-0.39, 0.29) is 6.61 Å². The molecule has 0 aliphatic carbocycles. The van der Waals surface area contributed by atoms with Crippen LogP contribution < -0.4 is 9.47 Å². The van der Waals surface area contributed by atoms with Crippen LogP contribution in [0.1, 0.15) is 6.92 Å². The van der Waals surface area contributed by atoms with E-state index >= 15 is 0 Å². The summed E-state index contributed by atoms with van der Waals surface area (Å²) in [6.07, 6.45) is 0. The Morgan fingerprint density at radius 1 is 1.35 bits per heavy atom. The van der Waals surface area contributed by atoms with E-state index in [4.69, 9.17) is 14.6 Å². The molecule has 0 fully saturated rings. The Balaban J connectivity index is 2.55. The summed E-state index contributed by atoms with van der Waals surface area (Å²) < 4.78 is 10.2. The molecular formula is C12H14O5. The van der Waals surface area contributed by atoms with Gasteiger partial charge in [-0.25, -0.2) is 0 Å². The topological polar surface area (TPSA) is 72.8 Å². The van der Waals surface area contributed by atoms with Gasteiger partial charge in [0.1, 0.15) is 24.0 Å². The van der Waals surface area contributed by atoms with E-state index in [2.05, 4.69) is 0 Å². The number of carboxylic acids is 1. The predicted molar refractivity (Wildman–Crippen MR) is 60.3 cm³/mol. The molecule has 5 heteroatoms. The lowest BCUT2D eigenvalue weighted by Crippen LogP contribution is -2.25. The normalized spacial score (nSPS) is 11.6. The number of carbonyl (C=O) groups excluding carboxylic acids is 1. The third-order valence-corrected chi connectivity index (χ3v) is 2.28. The Bertz CT molecular complexity index is 413. The van der Waals surface area contributed by atoms with Gasteiger partial charge in [-0.15, -0.1) is 0 Å². The molecule has 0 saturated carbocycles. The number of methoxy groups -OCH3 is 1. The van der Waals surface area contributed by atoms with Crippen LogP contribution in [0.4, 0.5) is 0 Å². The second-order valence-corrected chi connectivity index (χ2v) is 3.49. The fourth-order valence-electron chi connectivity index (χ4n) is 1.11. The summed E-state index contributed by atoms with van der Waals surface area (Å²) in [7, 11) is 1.52. The van der Waals surface area contributed by atoms with Gasteiger partial charge in [-0.1, -0.05) is 6.07 Å². The third kappa shape index (κ3) is 3.79. The van der Waals surface area contributed by atoms with E-state index in [1.165, 1.54) is 14.0 Å². The quantitative estimate of drug-likeness (QED) is 0.757. The van der Waals surface area contributed by atoms with Crippen molar-refractivity contribution >= 4 is 11.8 Å². The van der Waals surface area contributed by atoms with Gasteiger partial charge in [-0.3, -0.25) is 9.59 Å². The highest BCUT2D eigenvalue weighted by atomic mass is 16.5. The molecule has 92 valence electrons. The number of carboxylic acid groups (broad SMARTS) is 1. The van der Waals surface area contributed by atoms with Gasteiger partial charge in [-0.2, -0.15) is 0 Å². The highest BCUT2D eigenvalue weighted by Crippen LogP contribution is 2.18. The number of benzene rings is 1. The van der Waals surface area contributed by atoms with Gasteiger partial charge < -0.3 is 14.6 Å². The van der Waals surface area contributed by atoms with Crippen molar-refractivity contribution in [1.82, 2.24) is 0 Å². The van der Waals surface area contributed by atoms with Crippen molar-refractivity contribution in [2.75, 3.05) is 13.7 Å². The van der Waals surface area contributed by atoms with Gasteiger partial charge in [0.2, 0.25) is 0 Å². The molecule has 0 heterocycles. The van der Waals surface area contributed by atoms with Gasteiger partial charge in [0, 0.05) is 6.07 Å². The summed E-state index contributed by atoms with van der Waals surface area (Å²) in [6.45, 7) is 1.07. The van der Waals surface area contributed by atoms with Gasteiger partial charge >= 0.3 is 5.97 Å². The van der Waals surface area contributed by atoms with Crippen LogP contribution in [0.15, 0.2) is 24.3 Å². The molecule has 0 saturated heterocycles. The summed E-state index contributed by atoms with van der Waals surface area (Å²) in [4.78, 5) is 21.9. The molecule has 0 aliphatic heterocycles. The smallest absolute Gasteiger partial charge is 0.313 e. The Morgan fingerprint density at radius 2 is 2.00 bits per heavy atom. The zero-order valence-corrected chi connectivity index (χ0v) is 9.67. The lowest BCUT2D eigenvalue weighted by molar-refractivity contribution is -0.146. The third-order valence-electron chi connectivity index (χ3n) is 2.28. The molecule has 0 amide bonds. The summed E-state index contributed by atoms with van der Waals surface area (Å²) in [5.74, 6) is -1.60. The number of hydrogen-bond donors (Lipinski definition) is 1. The van der Waals surface area contributed by atoms with Crippen molar-refractivity contribution in [3.8, 4) is 11.5 Å². The number of ether oxygens (including phenoxy) is 2. The largest absolute Gasteiger partial charge is 0.497 e. The summed E-state index contributed by atoms with van der Waals surface area (Å²) >= 11 is 0. The van der Waals surface area contributed by atoms with E-state index in [1.54, 1.807) is 24.3 Å². The first kappa shape index (κ1) is 13.0. The summed E-state index contributed by atoms with van der Waals surface area (Å²) in [5, 5.41) is 8.64. The van der Waals surface area contributed by atoms with Gasteiger partial charge in [0.25, 0.3) is 0 Å². The lowest BCUT2D eigenvalue weighted by atomic mass is 10.1. The van der Waals surface area contributed by atoms with E-state index in [0.29, 0.717) is 11.5 Å². The Labute approximate surface area is 99.0 Å². The van der Waals surface area contributed by atoms with Gasteiger partial charge in [-0.05, 0) is 19.1 Å². The van der Waals surface area contributed by atoms with Gasteiger partial charge in [0.05, 0.1) is 7.11 Å². The second kappa shape index (κ2) is 5.89. The van der Waals surface area contributed by atoms with Crippen molar-refractivity contribution < 1.29 is 24.2 Å². The summed E-state index contributed by atoms with van der Waals surface area (Å²) in [6, 6.07) is 6.76. The van der Waals surface area contributed by atoms with Gasteiger partial charge in [0.15, 0.2) is 5.78 Å². The predicted octanol–water partition coefficient (Wildman–Crippen LogP) is 1.36. The zero-order valence-electron chi connectivity index (χ0n) is 9.67. The van der Waals surface area contributed by atoms with Crippen molar-refractivity contribution in [2.24, 2.45) is 5.92 Å². The van der Waals surface area contributed by atoms with E-state index < -0.39 is 17.7 Å². The maximum atomic E-state index is 11.4. The van der Waals surface area contributed by atoms with Crippen molar-refractivity contribution in [3.63, 3.8) is 0 Å². The van der Waals surface area contributed by atoms with Crippen molar-refractivity contribution in [3.05, 3.63) is 24.3 Å². The minimum Gasteiger partial charge on any atom is -0.497 e. The maximum Gasteiger partial charge on any atom is 0.313 e. The fourth-order valence-corrected chi connectivity index (χ4v) is 1.11. The first-order valence-corrected chi connectivity index (χ1v) is 5.07. The SMILES string of the molecule is COc1cccc(OCC(=O)C(C)C(=O)O)c1. The van der Waals surface area contributed by atoms with Crippen LogP contribution in [-0.4, -0.2) is 30.6 Å². The molecule has 1 aromatic carbocycles. The molecule has 1 rings (SSSR count). The number of ketones is 1. The van der Waals surface area contributed by atoms with Crippen LogP contribution in [-0.2, 0) is 9.59 Å². The van der Waals surface area contributed by atoms with Crippen LogP contribution in [0, 0.1) is 5.92 Å². The molecule has 0 aromatic heterocycles. The molecule has 17 heavy (non-hydrogen) atoms.